The number of unbranched alkanes of at least 4 members (excludes halogenated alkanes) is 1. The number of aryl methyl sites for hydroxylation is 2. The van der Waals surface area contributed by atoms with Crippen molar-refractivity contribution in [1.29, 1.82) is 0 Å². The Bertz CT molecular complexity index is 1360. The Hall–Kier alpha value is -4.33. The van der Waals surface area contributed by atoms with E-state index >= 15 is 0 Å². The molecule has 2 atom stereocenters. The van der Waals surface area contributed by atoms with Gasteiger partial charge in [0, 0.05) is 18.7 Å². The van der Waals surface area contributed by atoms with Crippen LogP contribution in [0.5, 0.6) is 5.75 Å². The number of amides is 3. The second-order valence-corrected chi connectivity index (χ2v) is 11.8. The summed E-state index contributed by atoms with van der Waals surface area (Å²) in [6.07, 6.45) is 1.71. The van der Waals surface area contributed by atoms with E-state index in [1.807, 2.05) is 62.4 Å². The molecule has 3 aromatic carbocycles. The van der Waals surface area contributed by atoms with E-state index in [9.17, 15) is 19.5 Å². The lowest BCUT2D eigenvalue weighted by molar-refractivity contribution is -0.140. The lowest BCUT2D eigenvalue weighted by Gasteiger charge is -2.35. The van der Waals surface area contributed by atoms with E-state index in [0.29, 0.717) is 24.2 Å². The van der Waals surface area contributed by atoms with Gasteiger partial charge in [0.25, 0.3) is 5.91 Å². The van der Waals surface area contributed by atoms with Gasteiger partial charge in [-0.25, -0.2) is 4.79 Å². The Balaban J connectivity index is 2.07. The van der Waals surface area contributed by atoms with Gasteiger partial charge in [0.2, 0.25) is 5.91 Å². The number of alkyl carbamates (subject to hydrolysis) is 1. The molecule has 0 radical (unpaired) electrons. The number of phenols is 1. The van der Waals surface area contributed by atoms with Crippen LogP contribution in [0.3, 0.4) is 0 Å². The lowest BCUT2D eigenvalue weighted by Crippen LogP contribution is -2.53. The third kappa shape index (κ3) is 9.87. The van der Waals surface area contributed by atoms with Crippen molar-refractivity contribution in [1.82, 2.24) is 10.2 Å². The summed E-state index contributed by atoms with van der Waals surface area (Å²) in [6.45, 7) is 11.6. The molecule has 0 saturated heterocycles. The molecule has 0 saturated carbocycles. The summed E-state index contributed by atoms with van der Waals surface area (Å²) in [5.41, 5.74) is 3.32. The Morgan fingerprint density at radius 2 is 1.53 bits per heavy atom. The van der Waals surface area contributed by atoms with Gasteiger partial charge in [-0.05, 0) is 81.0 Å². The fraction of sp³-hybridized carbons (Fsp3) is 0.400. The number of nitrogens with one attached hydrogen (secondary N) is 2. The SMILES string of the molecule is CCCCN(C(=O)C(Cc1ccc(O)cc1)NC(=O)OC(C)(C)C)C(C(=O)Nc1ccccc1C)c1ccc(CC)cc1. The summed E-state index contributed by atoms with van der Waals surface area (Å²) in [5.74, 6) is -0.652. The smallest absolute Gasteiger partial charge is 0.408 e. The summed E-state index contributed by atoms with van der Waals surface area (Å²) < 4.78 is 5.51. The van der Waals surface area contributed by atoms with Crippen LogP contribution in [0.2, 0.25) is 0 Å². The highest BCUT2D eigenvalue weighted by molar-refractivity contribution is 5.99. The first-order chi connectivity index (χ1) is 20.4. The van der Waals surface area contributed by atoms with Crippen molar-refractivity contribution in [2.45, 2.75) is 84.9 Å². The number of nitrogens with zero attached hydrogens (tertiary/aromatic N) is 1. The quantitative estimate of drug-likeness (QED) is 0.218. The zero-order valence-corrected chi connectivity index (χ0v) is 26.1. The molecule has 0 aliphatic heterocycles. The van der Waals surface area contributed by atoms with Crippen LogP contribution in [0.25, 0.3) is 0 Å². The highest BCUT2D eigenvalue weighted by atomic mass is 16.6. The predicted molar refractivity (Wildman–Crippen MR) is 170 cm³/mol. The summed E-state index contributed by atoms with van der Waals surface area (Å²) in [5, 5.41) is 15.6. The molecule has 0 aliphatic carbocycles. The van der Waals surface area contributed by atoms with Crippen molar-refractivity contribution in [3.05, 3.63) is 95.1 Å². The van der Waals surface area contributed by atoms with Crippen molar-refractivity contribution in [2.75, 3.05) is 11.9 Å². The van der Waals surface area contributed by atoms with Gasteiger partial charge < -0.3 is 25.4 Å². The van der Waals surface area contributed by atoms with Crippen molar-refractivity contribution in [2.24, 2.45) is 0 Å². The van der Waals surface area contributed by atoms with Crippen LogP contribution >= 0.6 is 0 Å². The lowest BCUT2D eigenvalue weighted by atomic mass is 9.98. The second-order valence-electron chi connectivity index (χ2n) is 11.8. The molecule has 3 N–H and O–H groups in total. The van der Waals surface area contributed by atoms with Crippen molar-refractivity contribution >= 4 is 23.6 Å². The first kappa shape index (κ1) is 33.2. The maximum absolute atomic E-state index is 14.5. The van der Waals surface area contributed by atoms with Crippen LogP contribution in [0.1, 0.15) is 75.8 Å². The first-order valence-electron chi connectivity index (χ1n) is 14.9. The molecular weight excluding hydrogens is 542 g/mol. The molecule has 8 heteroatoms. The second kappa shape index (κ2) is 15.2. The molecule has 0 spiro atoms. The Kier molecular flexibility index (Phi) is 11.8. The molecule has 3 rings (SSSR count). The van der Waals surface area contributed by atoms with Crippen LogP contribution in [-0.4, -0.2) is 46.1 Å². The Labute approximate surface area is 255 Å². The number of para-hydroxylation sites is 1. The van der Waals surface area contributed by atoms with Crippen LogP contribution in [0, 0.1) is 6.92 Å². The molecule has 2 unspecified atom stereocenters. The highest BCUT2D eigenvalue weighted by Crippen LogP contribution is 2.27. The van der Waals surface area contributed by atoms with Crippen LogP contribution in [-0.2, 0) is 27.2 Å². The Morgan fingerprint density at radius 3 is 2.12 bits per heavy atom. The maximum atomic E-state index is 14.5. The zero-order chi connectivity index (χ0) is 31.6. The predicted octanol–water partition coefficient (Wildman–Crippen LogP) is 6.71. The number of hydrogen-bond acceptors (Lipinski definition) is 5. The molecule has 0 bridgehead atoms. The van der Waals surface area contributed by atoms with Gasteiger partial charge in [-0.15, -0.1) is 0 Å². The van der Waals surface area contributed by atoms with E-state index < -0.39 is 29.7 Å². The van der Waals surface area contributed by atoms with Gasteiger partial charge in [0.05, 0.1) is 0 Å². The largest absolute Gasteiger partial charge is 0.508 e. The average Bonchev–Trinajstić information content (AvgIpc) is 2.96. The van der Waals surface area contributed by atoms with Crippen LogP contribution in [0.15, 0.2) is 72.8 Å². The summed E-state index contributed by atoms with van der Waals surface area (Å²) in [4.78, 5) is 43.1. The monoisotopic (exact) mass is 587 g/mol. The molecule has 0 fully saturated rings. The molecule has 0 heterocycles. The van der Waals surface area contributed by atoms with Gasteiger partial charge in [0.15, 0.2) is 0 Å². The number of carbonyl (C=O) groups excluding carboxylic acids is 3. The van der Waals surface area contributed by atoms with E-state index in [-0.39, 0.29) is 18.1 Å². The minimum absolute atomic E-state index is 0.0970. The fourth-order valence-corrected chi connectivity index (χ4v) is 4.74. The highest BCUT2D eigenvalue weighted by Gasteiger charge is 2.36. The molecule has 43 heavy (non-hydrogen) atoms. The zero-order valence-electron chi connectivity index (χ0n) is 26.1. The number of aromatic hydroxyl groups is 1. The number of ether oxygens (including phenoxy) is 1. The molecule has 8 nitrogen and oxygen atoms in total. The van der Waals surface area contributed by atoms with Gasteiger partial charge in [0.1, 0.15) is 23.4 Å². The normalized spacial score (nSPS) is 12.6. The standard InChI is InChI=1S/C35H45N3O5/c1-7-9-22-38(33(41)30(37-34(42)43-35(4,5)6)23-26-16-20-28(39)21-17-26)31(27-18-14-25(8-2)15-19-27)32(40)36-29-13-11-10-12-24(29)3/h10-21,30-31,39H,7-9,22-23H2,1-6H3,(H,36,40)(H,37,42). The number of hydrogen-bond donors (Lipinski definition) is 3. The first-order valence-corrected chi connectivity index (χ1v) is 14.9. The van der Waals surface area contributed by atoms with Gasteiger partial charge in [-0.2, -0.15) is 0 Å². The minimum Gasteiger partial charge on any atom is -0.508 e. The van der Waals surface area contributed by atoms with E-state index in [0.717, 1.165) is 29.5 Å². The minimum atomic E-state index is -1.03. The summed E-state index contributed by atoms with van der Waals surface area (Å²) in [6, 6.07) is 19.7. The van der Waals surface area contributed by atoms with Crippen molar-refractivity contribution < 1.29 is 24.2 Å². The average molecular weight is 588 g/mol. The maximum Gasteiger partial charge on any atom is 0.408 e. The number of rotatable bonds is 12. The fourth-order valence-electron chi connectivity index (χ4n) is 4.74. The van der Waals surface area contributed by atoms with Crippen LogP contribution in [0.4, 0.5) is 10.5 Å². The molecule has 0 aromatic heterocycles. The van der Waals surface area contributed by atoms with E-state index in [1.165, 1.54) is 12.1 Å². The van der Waals surface area contributed by atoms with Gasteiger partial charge >= 0.3 is 6.09 Å². The van der Waals surface area contributed by atoms with Gasteiger partial charge in [-0.3, -0.25) is 9.59 Å². The summed E-state index contributed by atoms with van der Waals surface area (Å²) in [7, 11) is 0. The summed E-state index contributed by atoms with van der Waals surface area (Å²) >= 11 is 0. The van der Waals surface area contributed by atoms with E-state index in [1.54, 1.807) is 37.8 Å². The molecule has 3 aromatic rings. The molecule has 0 aliphatic rings. The number of anilines is 1. The topological polar surface area (TPSA) is 108 Å². The molecule has 230 valence electrons. The number of benzene rings is 3. The number of carbonyl (C=O) groups is 3. The van der Waals surface area contributed by atoms with E-state index in [4.69, 9.17) is 4.74 Å². The van der Waals surface area contributed by atoms with Crippen molar-refractivity contribution in [3.63, 3.8) is 0 Å². The third-order valence-corrected chi connectivity index (χ3v) is 7.07. The number of phenolic OH excluding ortho intramolecular Hbond substituents is 1. The van der Waals surface area contributed by atoms with Crippen LogP contribution < -0.4 is 10.6 Å². The van der Waals surface area contributed by atoms with E-state index in [2.05, 4.69) is 17.6 Å². The van der Waals surface area contributed by atoms with Gasteiger partial charge in [-0.1, -0.05) is 74.9 Å². The molecular formula is C35H45N3O5. The Morgan fingerprint density at radius 1 is 0.907 bits per heavy atom. The third-order valence-electron chi connectivity index (χ3n) is 7.07. The molecule has 3 amide bonds. The van der Waals surface area contributed by atoms with Crippen molar-refractivity contribution in [3.8, 4) is 5.75 Å².